The Bertz CT molecular complexity index is 748. The quantitative estimate of drug-likeness (QED) is 0.360. The van der Waals surface area contributed by atoms with Crippen LogP contribution in [0, 0.1) is 0 Å². The molecule has 0 fully saturated rings. The van der Waals surface area contributed by atoms with Gasteiger partial charge < -0.3 is 0 Å². The third-order valence-electron chi connectivity index (χ3n) is 4.22. The predicted octanol–water partition coefficient (Wildman–Crippen LogP) is 3.15. The molecule has 3 heteroatoms. The molecule has 0 radical (unpaired) electrons. The van der Waals surface area contributed by atoms with Crippen LogP contribution in [-0.2, 0) is 6.54 Å². The Morgan fingerprint density at radius 1 is 0.708 bits per heavy atom. The Hall–Kier alpha value is -0.851. The van der Waals surface area contributed by atoms with Gasteiger partial charge in [-0.15, -0.1) is 0 Å². The van der Waals surface area contributed by atoms with E-state index >= 15 is 0 Å². The van der Waals surface area contributed by atoms with Crippen molar-refractivity contribution in [3.63, 3.8) is 0 Å². The van der Waals surface area contributed by atoms with Gasteiger partial charge in [-0.05, 0) is 0 Å². The minimum atomic E-state index is -2.99. The van der Waals surface area contributed by atoms with E-state index in [1.807, 2.05) is 0 Å². The maximum absolute atomic E-state index is 2.99. The summed E-state index contributed by atoms with van der Waals surface area (Å²) in [7, 11) is 4.29. The first kappa shape index (κ1) is 18.0. The number of nitrogens with zero attached hydrogens (tertiary/aromatic N) is 1. The third-order valence-corrected chi connectivity index (χ3v) is 26.4. The Kier molecular flexibility index (Phi) is 6.00. The van der Waals surface area contributed by atoms with Crippen LogP contribution in [0.4, 0.5) is 0 Å². The van der Waals surface area contributed by atoms with Gasteiger partial charge in [-0.1, -0.05) is 0 Å². The summed E-state index contributed by atoms with van der Waals surface area (Å²) < 4.78 is 4.60. The molecule has 3 rings (SSSR count). The molecule has 0 bridgehead atoms. The van der Waals surface area contributed by atoms with Gasteiger partial charge in [-0.3, -0.25) is 0 Å². The standard InChI is InChI=1S/C9H12N.2C6H5.HI.Sn/c1-10(2)8-9-6-4-3-5-7-9;2*1-2-4-6-5-3-1;;/h3-6H,8H2,1-2H3;2*1-5H;1H;/q;;;;+1/p-1. The van der Waals surface area contributed by atoms with Crippen molar-refractivity contribution in [2.24, 2.45) is 0 Å². The van der Waals surface area contributed by atoms with Crippen molar-refractivity contribution in [3.05, 3.63) is 90.5 Å². The van der Waals surface area contributed by atoms with E-state index in [-0.39, 0.29) is 0 Å². The van der Waals surface area contributed by atoms with Gasteiger partial charge in [-0.2, -0.15) is 0 Å². The molecule has 0 aromatic heterocycles. The molecule has 0 unspecified atom stereocenters. The topological polar surface area (TPSA) is 3.24 Å². The average molecular weight is 534 g/mol. The second kappa shape index (κ2) is 8.02. The van der Waals surface area contributed by atoms with Crippen molar-refractivity contribution in [1.82, 2.24) is 4.90 Å². The van der Waals surface area contributed by atoms with Gasteiger partial charge in [0.25, 0.3) is 0 Å². The van der Waals surface area contributed by atoms with Crippen molar-refractivity contribution < 1.29 is 0 Å². The van der Waals surface area contributed by atoms with Gasteiger partial charge in [0.15, 0.2) is 0 Å². The van der Waals surface area contributed by atoms with Gasteiger partial charge >= 0.3 is 160 Å². The van der Waals surface area contributed by atoms with Crippen LogP contribution in [0.1, 0.15) is 5.56 Å². The number of halogens is 1. The molecule has 0 spiro atoms. The summed E-state index contributed by atoms with van der Waals surface area (Å²) in [6.07, 6.45) is 0. The zero-order valence-corrected chi connectivity index (χ0v) is 19.1. The van der Waals surface area contributed by atoms with Gasteiger partial charge in [-0.25, -0.2) is 0 Å². The number of hydrogen-bond acceptors (Lipinski definition) is 1. The van der Waals surface area contributed by atoms with Crippen molar-refractivity contribution in [3.8, 4) is 0 Å². The molecule has 122 valence electrons. The fourth-order valence-electron chi connectivity index (χ4n) is 3.15. The molecule has 0 saturated heterocycles. The Morgan fingerprint density at radius 3 is 1.67 bits per heavy atom. The first-order chi connectivity index (χ1) is 11.6. The summed E-state index contributed by atoms with van der Waals surface area (Å²) >= 11 is -0.154. The van der Waals surface area contributed by atoms with E-state index in [1.54, 1.807) is 3.58 Å². The minimum absolute atomic E-state index is 0.984. The average Bonchev–Trinajstić information content (AvgIpc) is 2.62. The van der Waals surface area contributed by atoms with E-state index in [0.29, 0.717) is 0 Å². The summed E-state index contributed by atoms with van der Waals surface area (Å²) in [6, 6.07) is 31.3. The van der Waals surface area contributed by atoms with Gasteiger partial charge in [0, 0.05) is 0 Å². The molecule has 24 heavy (non-hydrogen) atoms. The summed E-state index contributed by atoms with van der Waals surface area (Å²) in [5.74, 6) is 0. The Morgan fingerprint density at radius 2 is 1.17 bits per heavy atom. The number of rotatable bonds is 5. The van der Waals surface area contributed by atoms with Crippen LogP contribution in [0.5, 0.6) is 0 Å². The molecule has 0 heterocycles. The fraction of sp³-hybridized carbons (Fsp3) is 0.143. The summed E-state index contributed by atoms with van der Waals surface area (Å²) in [5.41, 5.74) is 1.46. The van der Waals surface area contributed by atoms with Crippen LogP contribution in [0.25, 0.3) is 0 Å². The van der Waals surface area contributed by atoms with Gasteiger partial charge in [0.1, 0.15) is 0 Å². The molecule has 0 saturated carbocycles. The second-order valence-corrected chi connectivity index (χ2v) is 25.7. The first-order valence-electron chi connectivity index (χ1n) is 8.15. The van der Waals surface area contributed by atoms with Crippen LogP contribution in [0.15, 0.2) is 84.9 Å². The summed E-state index contributed by atoms with van der Waals surface area (Å²) in [4.78, 5) is 2.26. The van der Waals surface area contributed by atoms with E-state index in [4.69, 9.17) is 0 Å². The molecular formula is C21H22INSn. The molecule has 0 aliphatic rings. The van der Waals surface area contributed by atoms with Crippen molar-refractivity contribution in [1.29, 1.82) is 0 Å². The summed E-state index contributed by atoms with van der Waals surface area (Å²) in [5, 5.41) is 0. The Labute approximate surface area is 158 Å². The number of hydrogen-bond donors (Lipinski definition) is 0. The maximum atomic E-state index is 2.84. The molecule has 0 amide bonds. The molecule has 0 N–H and O–H groups in total. The van der Waals surface area contributed by atoms with Crippen molar-refractivity contribution >= 4 is 43.8 Å². The zero-order valence-electron chi connectivity index (χ0n) is 14.1. The van der Waals surface area contributed by atoms with Crippen LogP contribution in [0.3, 0.4) is 0 Å². The van der Waals surface area contributed by atoms with Crippen LogP contribution < -0.4 is 10.7 Å². The molecule has 3 aromatic carbocycles. The third kappa shape index (κ3) is 3.70. The van der Waals surface area contributed by atoms with Gasteiger partial charge in [0.2, 0.25) is 0 Å². The number of benzene rings is 3. The van der Waals surface area contributed by atoms with Crippen molar-refractivity contribution in [2.45, 2.75) is 6.54 Å². The Balaban J connectivity index is 2.24. The van der Waals surface area contributed by atoms with Crippen LogP contribution in [-0.4, -0.2) is 33.4 Å². The van der Waals surface area contributed by atoms with E-state index in [0.717, 1.165) is 6.54 Å². The molecule has 3 aromatic rings. The fourth-order valence-corrected chi connectivity index (χ4v) is 20.6. The molecule has 1 nitrogen and oxygen atoms in total. The van der Waals surface area contributed by atoms with E-state index in [2.05, 4.69) is 123 Å². The molecule has 0 atom stereocenters. The van der Waals surface area contributed by atoms with E-state index < -0.39 is 14.4 Å². The first-order valence-corrected chi connectivity index (χ1v) is 20.7. The van der Waals surface area contributed by atoms with Crippen LogP contribution >= 0.6 is 18.6 Å². The van der Waals surface area contributed by atoms with Gasteiger partial charge in [0.05, 0.1) is 0 Å². The normalized spacial score (nSPS) is 11.7. The molecule has 0 aliphatic carbocycles. The monoisotopic (exact) mass is 535 g/mol. The van der Waals surface area contributed by atoms with E-state index in [9.17, 15) is 0 Å². The predicted molar refractivity (Wildman–Crippen MR) is 115 cm³/mol. The van der Waals surface area contributed by atoms with Crippen molar-refractivity contribution in [2.75, 3.05) is 14.1 Å². The SMILES string of the molecule is CN(C)Cc1cccc[c]1[Sn]([I])([c]1ccccc1)[c]1ccccc1. The second-order valence-electron chi connectivity index (χ2n) is 6.29. The van der Waals surface area contributed by atoms with Crippen LogP contribution in [0.2, 0.25) is 0 Å². The molecule has 0 aliphatic heterocycles. The molecular weight excluding hydrogens is 512 g/mol. The summed E-state index contributed by atoms with van der Waals surface area (Å²) in [6.45, 7) is 0.984. The van der Waals surface area contributed by atoms with E-state index in [1.165, 1.54) is 12.7 Å². The zero-order chi connectivity index (χ0) is 17.0.